The van der Waals surface area contributed by atoms with Crippen molar-refractivity contribution >= 4 is 5.91 Å². The maximum Gasteiger partial charge on any atom is 0.273 e. The van der Waals surface area contributed by atoms with Crippen LogP contribution in [0.25, 0.3) is 11.3 Å². The van der Waals surface area contributed by atoms with Crippen molar-refractivity contribution in [1.82, 2.24) is 15.4 Å². The zero-order valence-electron chi connectivity index (χ0n) is 18.5. The number of aromatic nitrogens is 1. The van der Waals surface area contributed by atoms with Crippen LogP contribution in [0.2, 0.25) is 0 Å². The molecule has 2 heterocycles. The molecule has 1 amide bonds. The molecule has 1 saturated heterocycles. The van der Waals surface area contributed by atoms with Gasteiger partial charge in [0.15, 0.2) is 11.5 Å². The molecule has 2 aromatic carbocycles. The number of nitrogens with zero attached hydrogens (tertiary/aromatic N) is 2. The molecular weight excluding hydrogens is 406 g/mol. The van der Waals surface area contributed by atoms with Crippen LogP contribution in [0, 0.1) is 0 Å². The third-order valence-corrected chi connectivity index (χ3v) is 5.73. The van der Waals surface area contributed by atoms with Crippen molar-refractivity contribution in [3.05, 3.63) is 65.9 Å². The second-order valence-corrected chi connectivity index (χ2v) is 7.78. The molecule has 4 rings (SSSR count). The van der Waals surface area contributed by atoms with Crippen molar-refractivity contribution in [1.29, 1.82) is 0 Å². The molecule has 0 bridgehead atoms. The molecule has 1 N–H and O–H groups in total. The molecule has 1 atom stereocenters. The number of rotatable bonds is 9. The topological polar surface area (TPSA) is 76.8 Å². The number of carbonyl (C=O) groups is 1. The third kappa shape index (κ3) is 5.11. The van der Waals surface area contributed by atoms with Gasteiger partial charge in [0.25, 0.3) is 5.91 Å². The van der Waals surface area contributed by atoms with E-state index in [9.17, 15) is 4.79 Å². The summed E-state index contributed by atoms with van der Waals surface area (Å²) in [6.45, 7) is 5.10. The molecule has 1 aromatic heterocycles. The van der Waals surface area contributed by atoms with Crippen molar-refractivity contribution in [3.63, 3.8) is 0 Å². The van der Waals surface area contributed by atoms with E-state index >= 15 is 0 Å². The normalized spacial score (nSPS) is 14.8. The number of hydrogen-bond donors (Lipinski definition) is 1. The Bertz CT molecular complexity index is 1010. The van der Waals surface area contributed by atoms with Crippen LogP contribution in [-0.2, 0) is 0 Å². The molecule has 0 radical (unpaired) electrons. The van der Waals surface area contributed by atoms with Crippen LogP contribution in [0.3, 0.4) is 0 Å². The lowest BCUT2D eigenvalue weighted by atomic mass is 10.1. The predicted octanol–water partition coefficient (Wildman–Crippen LogP) is 4.32. The number of benzene rings is 2. The molecule has 1 aliphatic heterocycles. The Morgan fingerprint density at radius 3 is 2.44 bits per heavy atom. The maximum atomic E-state index is 12.8. The Kier molecular flexibility index (Phi) is 7.07. The number of ether oxygens (including phenoxy) is 2. The SMILES string of the molecule is CCOc1ccc(-c2cc(C(=O)NCC(c3ccc(OC)cc3)N3CCCC3)no2)cc1. The Hall–Kier alpha value is -3.32. The number of nitrogens with one attached hydrogen (secondary N) is 1. The van der Waals surface area contributed by atoms with Crippen molar-refractivity contribution in [3.8, 4) is 22.8 Å². The highest BCUT2D eigenvalue weighted by atomic mass is 16.5. The Morgan fingerprint density at radius 1 is 1.09 bits per heavy atom. The van der Waals surface area contributed by atoms with E-state index in [0.717, 1.165) is 35.7 Å². The van der Waals surface area contributed by atoms with Crippen molar-refractivity contribution < 1.29 is 18.8 Å². The maximum absolute atomic E-state index is 12.8. The quantitative estimate of drug-likeness (QED) is 0.540. The summed E-state index contributed by atoms with van der Waals surface area (Å²) in [6, 6.07) is 17.3. The summed E-state index contributed by atoms with van der Waals surface area (Å²) in [7, 11) is 1.66. The summed E-state index contributed by atoms with van der Waals surface area (Å²) in [5.41, 5.74) is 2.26. The Balaban J connectivity index is 1.42. The van der Waals surface area contributed by atoms with Crippen LogP contribution in [0.5, 0.6) is 11.5 Å². The molecule has 1 aliphatic rings. The van der Waals surface area contributed by atoms with E-state index in [2.05, 4.69) is 27.5 Å². The van der Waals surface area contributed by atoms with E-state index in [-0.39, 0.29) is 17.6 Å². The molecule has 1 unspecified atom stereocenters. The van der Waals surface area contributed by atoms with Gasteiger partial charge in [-0.25, -0.2) is 0 Å². The lowest BCUT2D eigenvalue weighted by Gasteiger charge is -2.28. The average molecular weight is 436 g/mol. The number of hydrogen-bond acceptors (Lipinski definition) is 6. The van der Waals surface area contributed by atoms with Gasteiger partial charge >= 0.3 is 0 Å². The van der Waals surface area contributed by atoms with Gasteiger partial charge in [-0.15, -0.1) is 0 Å². The number of methoxy groups -OCH3 is 1. The van der Waals surface area contributed by atoms with Gasteiger partial charge in [0, 0.05) is 18.2 Å². The van der Waals surface area contributed by atoms with Crippen molar-refractivity contribution in [2.24, 2.45) is 0 Å². The highest BCUT2D eigenvalue weighted by Gasteiger charge is 2.25. The smallest absolute Gasteiger partial charge is 0.273 e. The summed E-state index contributed by atoms with van der Waals surface area (Å²) < 4.78 is 16.2. The van der Waals surface area contributed by atoms with Gasteiger partial charge in [-0.05, 0) is 74.8 Å². The second kappa shape index (κ2) is 10.3. The van der Waals surface area contributed by atoms with E-state index in [1.54, 1.807) is 13.2 Å². The molecule has 0 spiro atoms. The van der Waals surface area contributed by atoms with Gasteiger partial charge < -0.3 is 19.3 Å². The van der Waals surface area contributed by atoms with E-state index in [1.807, 2.05) is 43.3 Å². The first kappa shape index (κ1) is 21.9. The molecule has 168 valence electrons. The third-order valence-electron chi connectivity index (χ3n) is 5.73. The molecule has 7 heteroatoms. The van der Waals surface area contributed by atoms with Gasteiger partial charge in [-0.3, -0.25) is 9.69 Å². The zero-order chi connectivity index (χ0) is 22.3. The zero-order valence-corrected chi connectivity index (χ0v) is 18.5. The van der Waals surface area contributed by atoms with Crippen molar-refractivity contribution in [2.75, 3.05) is 33.4 Å². The highest BCUT2D eigenvalue weighted by molar-refractivity contribution is 5.93. The lowest BCUT2D eigenvalue weighted by Crippen LogP contribution is -2.36. The van der Waals surface area contributed by atoms with E-state index in [0.29, 0.717) is 18.9 Å². The Morgan fingerprint density at radius 2 is 1.78 bits per heavy atom. The van der Waals surface area contributed by atoms with Crippen LogP contribution in [-0.4, -0.2) is 49.3 Å². The van der Waals surface area contributed by atoms with Gasteiger partial charge in [-0.1, -0.05) is 17.3 Å². The first-order chi connectivity index (χ1) is 15.7. The minimum absolute atomic E-state index is 0.102. The molecule has 3 aromatic rings. The summed E-state index contributed by atoms with van der Waals surface area (Å²) in [4.78, 5) is 15.2. The first-order valence-corrected chi connectivity index (χ1v) is 11.0. The minimum atomic E-state index is -0.247. The largest absolute Gasteiger partial charge is 0.497 e. The van der Waals surface area contributed by atoms with Gasteiger partial charge in [0.2, 0.25) is 0 Å². The van der Waals surface area contributed by atoms with Crippen LogP contribution < -0.4 is 14.8 Å². The van der Waals surface area contributed by atoms with Gasteiger partial charge in [-0.2, -0.15) is 0 Å². The lowest BCUT2D eigenvalue weighted by molar-refractivity contribution is 0.0929. The first-order valence-electron chi connectivity index (χ1n) is 11.0. The van der Waals surface area contributed by atoms with E-state index in [4.69, 9.17) is 14.0 Å². The molecule has 0 aliphatic carbocycles. The standard InChI is InChI=1S/C25H29N3O4/c1-3-31-21-12-8-19(9-13-21)24-16-22(27-32-24)25(29)26-17-23(28-14-4-5-15-28)18-6-10-20(30-2)11-7-18/h6-13,16,23H,3-5,14-15,17H2,1-2H3,(H,26,29). The van der Waals surface area contributed by atoms with Crippen LogP contribution in [0.15, 0.2) is 59.1 Å². The fraction of sp³-hybridized carbons (Fsp3) is 0.360. The number of carbonyl (C=O) groups excluding carboxylic acids is 1. The number of amides is 1. The monoisotopic (exact) mass is 435 g/mol. The predicted molar refractivity (Wildman–Crippen MR) is 122 cm³/mol. The van der Waals surface area contributed by atoms with E-state index < -0.39 is 0 Å². The molecule has 32 heavy (non-hydrogen) atoms. The van der Waals surface area contributed by atoms with E-state index in [1.165, 1.54) is 12.8 Å². The van der Waals surface area contributed by atoms with Crippen LogP contribution in [0.4, 0.5) is 0 Å². The Labute approximate surface area is 188 Å². The van der Waals surface area contributed by atoms with Crippen LogP contribution >= 0.6 is 0 Å². The molecular formula is C25H29N3O4. The van der Waals surface area contributed by atoms with Gasteiger partial charge in [0.1, 0.15) is 11.5 Å². The average Bonchev–Trinajstić information content (AvgIpc) is 3.53. The van der Waals surface area contributed by atoms with Crippen molar-refractivity contribution in [2.45, 2.75) is 25.8 Å². The summed E-state index contributed by atoms with van der Waals surface area (Å²) in [5.74, 6) is 1.91. The molecule has 1 fully saturated rings. The fourth-order valence-corrected chi connectivity index (χ4v) is 4.02. The fourth-order valence-electron chi connectivity index (χ4n) is 4.02. The molecule has 0 saturated carbocycles. The summed E-state index contributed by atoms with van der Waals surface area (Å²) >= 11 is 0. The number of likely N-dealkylation sites (tertiary alicyclic amines) is 1. The highest BCUT2D eigenvalue weighted by Crippen LogP contribution is 2.27. The van der Waals surface area contributed by atoms with Gasteiger partial charge in [0.05, 0.1) is 19.8 Å². The second-order valence-electron chi connectivity index (χ2n) is 7.78. The molecule has 7 nitrogen and oxygen atoms in total. The summed E-state index contributed by atoms with van der Waals surface area (Å²) in [5, 5.41) is 7.01. The van der Waals surface area contributed by atoms with Crippen LogP contribution in [0.1, 0.15) is 41.9 Å². The minimum Gasteiger partial charge on any atom is -0.497 e. The summed E-state index contributed by atoms with van der Waals surface area (Å²) in [6.07, 6.45) is 2.35.